The summed E-state index contributed by atoms with van der Waals surface area (Å²) >= 11 is 5.56. The third-order valence-electron chi connectivity index (χ3n) is 2.23. The van der Waals surface area contributed by atoms with E-state index in [2.05, 4.69) is 15.1 Å². The fraction of sp³-hybridized carbons (Fsp3) is 0. The highest BCUT2D eigenvalue weighted by Gasteiger charge is 2.08. The molecule has 0 aliphatic rings. The molecule has 0 fully saturated rings. The molecule has 0 radical (unpaired) electrons. The molecule has 3 aromatic rings. The summed E-state index contributed by atoms with van der Waals surface area (Å²) in [5, 5.41) is 4.80. The van der Waals surface area contributed by atoms with Crippen LogP contribution in [-0.2, 0) is 0 Å². The standard InChI is InChI=1S/C11H6ClN3O/c12-11-14-10(15-16-11)9-6-5-7-3-1-2-4-8(7)13-9/h1-6H. The SMILES string of the molecule is Clc1nc(-c2ccc3ccccc3n2)no1. The second kappa shape index (κ2) is 3.57. The van der Waals surface area contributed by atoms with Gasteiger partial charge in [0.25, 0.3) is 0 Å². The molecule has 0 saturated heterocycles. The molecule has 0 aliphatic carbocycles. The van der Waals surface area contributed by atoms with Crippen LogP contribution in [0.3, 0.4) is 0 Å². The number of halogens is 1. The molecule has 0 spiro atoms. The molecule has 4 nitrogen and oxygen atoms in total. The van der Waals surface area contributed by atoms with Crippen molar-refractivity contribution in [1.82, 2.24) is 15.1 Å². The first-order chi connectivity index (χ1) is 7.83. The summed E-state index contributed by atoms with van der Waals surface area (Å²) in [6.07, 6.45) is 0. The number of rotatable bonds is 1. The molecule has 0 atom stereocenters. The van der Waals surface area contributed by atoms with Gasteiger partial charge in [0, 0.05) is 5.39 Å². The topological polar surface area (TPSA) is 51.8 Å². The van der Waals surface area contributed by atoms with Gasteiger partial charge in [-0.3, -0.25) is 0 Å². The van der Waals surface area contributed by atoms with Crippen LogP contribution in [0.25, 0.3) is 22.4 Å². The molecule has 3 rings (SSSR count). The summed E-state index contributed by atoms with van der Waals surface area (Å²) < 4.78 is 4.70. The Hall–Kier alpha value is -1.94. The van der Waals surface area contributed by atoms with Crippen molar-refractivity contribution in [2.75, 3.05) is 0 Å². The van der Waals surface area contributed by atoms with Crippen molar-refractivity contribution in [3.05, 3.63) is 41.7 Å². The minimum Gasteiger partial charge on any atom is -0.321 e. The highest BCUT2D eigenvalue weighted by Crippen LogP contribution is 2.19. The maximum Gasteiger partial charge on any atom is 0.320 e. The van der Waals surface area contributed by atoms with Gasteiger partial charge < -0.3 is 4.52 Å². The minimum atomic E-state index is 0.0185. The number of hydrogen-bond donors (Lipinski definition) is 0. The van der Waals surface area contributed by atoms with Crippen LogP contribution < -0.4 is 0 Å². The molecular weight excluding hydrogens is 226 g/mol. The summed E-state index contributed by atoms with van der Waals surface area (Å²) in [6, 6.07) is 11.6. The first kappa shape index (κ1) is 9.30. The molecule has 0 unspecified atom stereocenters. The quantitative estimate of drug-likeness (QED) is 0.646. The lowest BCUT2D eigenvalue weighted by Crippen LogP contribution is -1.86. The molecule has 1 aromatic carbocycles. The van der Waals surface area contributed by atoms with Crippen LogP contribution in [0, 0.1) is 0 Å². The van der Waals surface area contributed by atoms with E-state index in [1.54, 1.807) is 0 Å². The Morgan fingerprint density at radius 3 is 2.69 bits per heavy atom. The molecule has 2 heterocycles. The van der Waals surface area contributed by atoms with Gasteiger partial charge in [0.2, 0.25) is 5.82 Å². The lowest BCUT2D eigenvalue weighted by Gasteiger charge is -1.97. The fourth-order valence-corrected chi connectivity index (χ4v) is 1.61. The van der Waals surface area contributed by atoms with Crippen LogP contribution >= 0.6 is 11.6 Å². The predicted molar refractivity (Wildman–Crippen MR) is 60.0 cm³/mol. The van der Waals surface area contributed by atoms with Gasteiger partial charge in [-0.15, -0.1) is 0 Å². The Morgan fingerprint density at radius 1 is 1.00 bits per heavy atom. The van der Waals surface area contributed by atoms with E-state index in [4.69, 9.17) is 16.1 Å². The summed E-state index contributed by atoms with van der Waals surface area (Å²) in [4.78, 5) is 8.33. The van der Waals surface area contributed by atoms with Crippen molar-refractivity contribution in [3.8, 4) is 11.5 Å². The van der Waals surface area contributed by atoms with Gasteiger partial charge in [-0.2, -0.15) is 4.98 Å². The number of aromatic nitrogens is 3. The van der Waals surface area contributed by atoms with Crippen molar-refractivity contribution in [1.29, 1.82) is 0 Å². The second-order valence-corrected chi connectivity index (χ2v) is 3.58. The number of para-hydroxylation sites is 1. The average molecular weight is 232 g/mol. The first-order valence-corrected chi connectivity index (χ1v) is 5.06. The first-order valence-electron chi connectivity index (χ1n) is 4.68. The van der Waals surface area contributed by atoms with E-state index in [9.17, 15) is 0 Å². The van der Waals surface area contributed by atoms with Crippen molar-refractivity contribution in [2.24, 2.45) is 0 Å². The van der Waals surface area contributed by atoms with Crippen molar-refractivity contribution in [2.45, 2.75) is 0 Å². The molecule has 0 saturated carbocycles. The van der Waals surface area contributed by atoms with Gasteiger partial charge in [-0.05, 0) is 23.7 Å². The monoisotopic (exact) mass is 231 g/mol. The number of nitrogens with zero attached hydrogens (tertiary/aromatic N) is 3. The zero-order valence-electron chi connectivity index (χ0n) is 8.09. The lowest BCUT2D eigenvalue weighted by atomic mass is 10.2. The van der Waals surface area contributed by atoms with E-state index in [0.717, 1.165) is 10.9 Å². The van der Waals surface area contributed by atoms with E-state index in [1.165, 1.54) is 0 Å². The molecule has 0 aliphatic heterocycles. The van der Waals surface area contributed by atoms with Crippen LogP contribution in [0.5, 0.6) is 0 Å². The Morgan fingerprint density at radius 2 is 1.88 bits per heavy atom. The fourth-order valence-electron chi connectivity index (χ4n) is 1.50. The van der Waals surface area contributed by atoms with Crippen molar-refractivity contribution in [3.63, 3.8) is 0 Å². The Balaban J connectivity index is 2.18. The summed E-state index contributed by atoms with van der Waals surface area (Å²) in [5.41, 5.74) is 1.54. The van der Waals surface area contributed by atoms with Crippen LogP contribution in [0.1, 0.15) is 0 Å². The van der Waals surface area contributed by atoms with Gasteiger partial charge >= 0.3 is 5.35 Å². The number of fused-ring (bicyclic) bond motifs is 1. The average Bonchev–Trinajstić information content (AvgIpc) is 2.75. The van der Waals surface area contributed by atoms with Gasteiger partial charge in [0.05, 0.1) is 5.52 Å². The van der Waals surface area contributed by atoms with E-state index in [0.29, 0.717) is 11.5 Å². The third kappa shape index (κ3) is 1.53. The lowest BCUT2D eigenvalue weighted by molar-refractivity contribution is 0.420. The number of benzene rings is 1. The van der Waals surface area contributed by atoms with Crippen LogP contribution in [0.15, 0.2) is 40.9 Å². The van der Waals surface area contributed by atoms with E-state index in [-0.39, 0.29) is 5.35 Å². The smallest absolute Gasteiger partial charge is 0.320 e. The Bertz CT molecular complexity index is 650. The Kier molecular flexibility index (Phi) is 2.08. The van der Waals surface area contributed by atoms with Crippen LogP contribution in [0.2, 0.25) is 5.35 Å². The molecule has 2 aromatic heterocycles. The van der Waals surface area contributed by atoms with Gasteiger partial charge in [0.15, 0.2) is 0 Å². The summed E-state index contributed by atoms with van der Waals surface area (Å²) in [6.45, 7) is 0. The summed E-state index contributed by atoms with van der Waals surface area (Å²) in [7, 11) is 0. The molecular formula is C11H6ClN3O. The van der Waals surface area contributed by atoms with E-state index < -0.39 is 0 Å². The number of pyridine rings is 1. The van der Waals surface area contributed by atoms with Gasteiger partial charge in [-0.1, -0.05) is 29.4 Å². The molecule has 16 heavy (non-hydrogen) atoms. The maximum absolute atomic E-state index is 5.56. The third-order valence-corrected chi connectivity index (χ3v) is 2.38. The van der Waals surface area contributed by atoms with Crippen molar-refractivity contribution < 1.29 is 4.52 Å². The molecule has 0 amide bonds. The van der Waals surface area contributed by atoms with Crippen LogP contribution in [-0.4, -0.2) is 15.1 Å². The van der Waals surface area contributed by atoms with Gasteiger partial charge in [0.1, 0.15) is 5.69 Å². The van der Waals surface area contributed by atoms with E-state index >= 15 is 0 Å². The highest BCUT2D eigenvalue weighted by molar-refractivity contribution is 6.27. The maximum atomic E-state index is 5.56. The Labute approximate surface area is 95.9 Å². The zero-order valence-corrected chi connectivity index (χ0v) is 8.85. The minimum absolute atomic E-state index is 0.0185. The van der Waals surface area contributed by atoms with Crippen molar-refractivity contribution >= 4 is 22.5 Å². The van der Waals surface area contributed by atoms with E-state index in [1.807, 2.05) is 36.4 Å². The molecule has 0 N–H and O–H groups in total. The van der Waals surface area contributed by atoms with Gasteiger partial charge in [-0.25, -0.2) is 4.98 Å². The molecule has 78 valence electrons. The largest absolute Gasteiger partial charge is 0.321 e. The molecule has 5 heteroatoms. The summed E-state index contributed by atoms with van der Waals surface area (Å²) in [5.74, 6) is 0.399. The predicted octanol–water partition coefficient (Wildman–Crippen LogP) is 2.94. The normalized spacial score (nSPS) is 10.8. The second-order valence-electron chi connectivity index (χ2n) is 3.26. The van der Waals surface area contributed by atoms with Crippen LogP contribution in [0.4, 0.5) is 0 Å². The number of hydrogen-bond acceptors (Lipinski definition) is 4. The molecule has 0 bridgehead atoms. The highest BCUT2D eigenvalue weighted by atomic mass is 35.5. The zero-order chi connectivity index (χ0) is 11.0.